The first-order chi connectivity index (χ1) is 9.65. The van der Waals surface area contributed by atoms with Gasteiger partial charge in [-0.3, -0.25) is 5.10 Å². The second-order valence-electron chi connectivity index (χ2n) is 4.49. The third-order valence-corrected chi connectivity index (χ3v) is 3.40. The Hall–Kier alpha value is -2.34. The summed E-state index contributed by atoms with van der Waals surface area (Å²) in [6, 6.07) is 7.71. The lowest BCUT2D eigenvalue weighted by atomic mass is 10.2. The summed E-state index contributed by atoms with van der Waals surface area (Å²) in [4.78, 5) is 10.4. The quantitative estimate of drug-likeness (QED) is 0.772. The highest BCUT2D eigenvalue weighted by molar-refractivity contribution is 6.31. The molecule has 0 bridgehead atoms. The van der Waals surface area contributed by atoms with Crippen LogP contribution in [0.2, 0.25) is 5.02 Å². The van der Waals surface area contributed by atoms with Crippen molar-refractivity contribution in [2.75, 3.05) is 17.7 Å². The summed E-state index contributed by atoms with van der Waals surface area (Å²) in [7, 11) is 1.93. The van der Waals surface area contributed by atoms with Gasteiger partial charge >= 0.3 is 0 Å². The maximum absolute atomic E-state index is 6.18. The van der Waals surface area contributed by atoms with Gasteiger partial charge in [0.05, 0.1) is 11.6 Å². The number of rotatable bonds is 3. The molecule has 2 aromatic heterocycles. The third kappa shape index (κ3) is 2.25. The molecule has 20 heavy (non-hydrogen) atoms. The Morgan fingerprint density at radius 1 is 1.30 bits per heavy atom. The lowest BCUT2D eigenvalue weighted by Gasteiger charge is -2.19. The monoisotopic (exact) mass is 288 g/mol. The van der Waals surface area contributed by atoms with Crippen LogP contribution in [0.25, 0.3) is 11.0 Å². The van der Waals surface area contributed by atoms with E-state index in [1.54, 1.807) is 6.20 Å². The number of nitrogens with one attached hydrogen (secondary N) is 1. The van der Waals surface area contributed by atoms with E-state index >= 15 is 0 Å². The predicted octanol–water partition coefficient (Wildman–Crippen LogP) is 2.22. The Morgan fingerprint density at radius 3 is 2.90 bits per heavy atom. The molecule has 0 aliphatic rings. The van der Waals surface area contributed by atoms with E-state index in [0.29, 0.717) is 12.2 Å². The van der Waals surface area contributed by atoms with Gasteiger partial charge in [-0.15, -0.1) is 0 Å². The number of aromatic nitrogens is 4. The zero-order valence-corrected chi connectivity index (χ0v) is 11.6. The van der Waals surface area contributed by atoms with Crippen LogP contribution in [0.15, 0.2) is 30.5 Å². The van der Waals surface area contributed by atoms with Crippen molar-refractivity contribution < 1.29 is 0 Å². The summed E-state index contributed by atoms with van der Waals surface area (Å²) >= 11 is 6.18. The van der Waals surface area contributed by atoms with Crippen molar-refractivity contribution in [2.45, 2.75) is 6.54 Å². The molecule has 3 N–H and O–H groups in total. The van der Waals surface area contributed by atoms with Gasteiger partial charge in [-0.1, -0.05) is 29.8 Å². The highest BCUT2D eigenvalue weighted by Gasteiger charge is 2.13. The molecule has 0 fully saturated rings. The summed E-state index contributed by atoms with van der Waals surface area (Å²) < 4.78 is 0. The van der Waals surface area contributed by atoms with Crippen molar-refractivity contribution >= 4 is 34.4 Å². The number of aromatic amines is 1. The first-order valence-corrected chi connectivity index (χ1v) is 6.44. The van der Waals surface area contributed by atoms with Gasteiger partial charge in [0.25, 0.3) is 0 Å². The molecule has 3 aromatic rings. The number of nitrogens with zero attached hydrogens (tertiary/aromatic N) is 4. The average Bonchev–Trinajstić information content (AvgIpc) is 2.88. The van der Waals surface area contributed by atoms with E-state index in [0.717, 1.165) is 21.8 Å². The Bertz CT molecular complexity index is 753. The number of hydrogen-bond acceptors (Lipinski definition) is 5. The number of H-pyrrole nitrogens is 1. The molecule has 0 unspecified atom stereocenters. The fraction of sp³-hybridized carbons (Fsp3) is 0.154. The highest BCUT2D eigenvalue weighted by atomic mass is 35.5. The van der Waals surface area contributed by atoms with Crippen LogP contribution in [0.4, 0.5) is 11.8 Å². The van der Waals surface area contributed by atoms with Crippen LogP contribution >= 0.6 is 11.6 Å². The number of nitrogen functional groups attached to an aromatic ring is 1. The second kappa shape index (κ2) is 4.97. The molecule has 0 atom stereocenters. The number of halogens is 1. The first kappa shape index (κ1) is 12.7. The Labute approximate surface area is 120 Å². The van der Waals surface area contributed by atoms with E-state index in [4.69, 9.17) is 17.3 Å². The number of fused-ring (bicyclic) bond motifs is 1. The molecule has 0 aliphatic carbocycles. The van der Waals surface area contributed by atoms with Crippen molar-refractivity contribution in [1.82, 2.24) is 20.2 Å². The SMILES string of the molecule is CN(Cc1ccccc1Cl)c1nc(N)nc2[nH]ncc12. The highest BCUT2D eigenvalue weighted by Crippen LogP contribution is 2.25. The standard InChI is InChI=1S/C13H13ClN6/c1-20(7-8-4-2-3-5-10(8)14)12-9-6-16-19-11(9)17-13(15)18-12/h2-6H,7H2,1H3,(H3,15,16,17,18,19). The molecule has 0 radical (unpaired) electrons. The van der Waals surface area contributed by atoms with Crippen LogP contribution in [0.3, 0.4) is 0 Å². The van der Waals surface area contributed by atoms with Crippen molar-refractivity contribution in [3.05, 3.63) is 41.0 Å². The maximum atomic E-state index is 6.18. The van der Waals surface area contributed by atoms with Crippen molar-refractivity contribution in [1.29, 1.82) is 0 Å². The molecule has 2 heterocycles. The third-order valence-electron chi connectivity index (χ3n) is 3.03. The van der Waals surface area contributed by atoms with Crippen molar-refractivity contribution in [3.8, 4) is 0 Å². The molecule has 0 spiro atoms. The summed E-state index contributed by atoms with van der Waals surface area (Å²) in [5.74, 6) is 0.934. The lowest BCUT2D eigenvalue weighted by Crippen LogP contribution is -2.19. The minimum absolute atomic E-state index is 0.211. The van der Waals surface area contributed by atoms with Gasteiger partial charge in [0.1, 0.15) is 5.82 Å². The van der Waals surface area contributed by atoms with Crippen LogP contribution in [0.1, 0.15) is 5.56 Å². The Balaban J connectivity index is 1.98. The Morgan fingerprint density at radius 2 is 2.10 bits per heavy atom. The fourth-order valence-electron chi connectivity index (χ4n) is 2.08. The zero-order valence-electron chi connectivity index (χ0n) is 10.8. The minimum Gasteiger partial charge on any atom is -0.368 e. The van der Waals surface area contributed by atoms with Gasteiger partial charge in [-0.2, -0.15) is 15.1 Å². The van der Waals surface area contributed by atoms with Crippen molar-refractivity contribution in [2.24, 2.45) is 0 Å². The van der Waals surface area contributed by atoms with E-state index < -0.39 is 0 Å². The number of anilines is 2. The number of benzene rings is 1. The molecular formula is C13H13ClN6. The molecular weight excluding hydrogens is 276 g/mol. The molecule has 0 saturated heterocycles. The second-order valence-corrected chi connectivity index (χ2v) is 4.89. The predicted molar refractivity (Wildman–Crippen MR) is 79.7 cm³/mol. The lowest BCUT2D eigenvalue weighted by molar-refractivity contribution is 0.902. The van der Waals surface area contributed by atoms with Gasteiger partial charge in [-0.25, -0.2) is 0 Å². The Kier molecular flexibility index (Phi) is 3.15. The van der Waals surface area contributed by atoms with Gasteiger partial charge < -0.3 is 10.6 Å². The van der Waals surface area contributed by atoms with Gasteiger partial charge in [0.2, 0.25) is 5.95 Å². The van der Waals surface area contributed by atoms with Crippen LogP contribution in [-0.2, 0) is 6.54 Å². The minimum atomic E-state index is 0.211. The topological polar surface area (TPSA) is 83.7 Å². The van der Waals surface area contributed by atoms with E-state index in [1.807, 2.05) is 36.2 Å². The number of hydrogen-bond donors (Lipinski definition) is 2. The molecule has 0 amide bonds. The summed E-state index contributed by atoms with van der Waals surface area (Å²) in [5, 5.41) is 8.33. The van der Waals surface area contributed by atoms with Gasteiger partial charge in [0, 0.05) is 18.6 Å². The van der Waals surface area contributed by atoms with E-state index in [-0.39, 0.29) is 5.95 Å². The van der Waals surface area contributed by atoms with Crippen LogP contribution in [-0.4, -0.2) is 27.2 Å². The van der Waals surface area contributed by atoms with Crippen LogP contribution < -0.4 is 10.6 Å². The summed E-state index contributed by atoms with van der Waals surface area (Å²) in [6.07, 6.45) is 1.69. The molecule has 102 valence electrons. The van der Waals surface area contributed by atoms with Crippen LogP contribution in [0, 0.1) is 0 Å². The molecule has 0 aliphatic heterocycles. The smallest absolute Gasteiger partial charge is 0.224 e. The van der Waals surface area contributed by atoms with E-state index in [1.165, 1.54) is 0 Å². The van der Waals surface area contributed by atoms with E-state index in [9.17, 15) is 0 Å². The maximum Gasteiger partial charge on any atom is 0.224 e. The van der Waals surface area contributed by atoms with Gasteiger partial charge in [0.15, 0.2) is 5.65 Å². The normalized spacial score (nSPS) is 10.9. The first-order valence-electron chi connectivity index (χ1n) is 6.06. The summed E-state index contributed by atoms with van der Waals surface area (Å²) in [5.41, 5.74) is 7.36. The molecule has 1 aromatic carbocycles. The summed E-state index contributed by atoms with van der Waals surface area (Å²) in [6.45, 7) is 0.621. The average molecular weight is 289 g/mol. The molecule has 0 saturated carbocycles. The van der Waals surface area contributed by atoms with Gasteiger partial charge in [-0.05, 0) is 11.6 Å². The molecule has 7 heteroatoms. The molecule has 6 nitrogen and oxygen atoms in total. The molecule has 3 rings (SSSR count). The van der Waals surface area contributed by atoms with E-state index in [2.05, 4.69) is 20.2 Å². The van der Waals surface area contributed by atoms with Crippen LogP contribution in [0.5, 0.6) is 0 Å². The van der Waals surface area contributed by atoms with Crippen molar-refractivity contribution in [3.63, 3.8) is 0 Å². The largest absolute Gasteiger partial charge is 0.368 e. The number of nitrogens with two attached hydrogens (primary N) is 1. The zero-order chi connectivity index (χ0) is 14.1. The fourth-order valence-corrected chi connectivity index (χ4v) is 2.28.